The first-order valence-electron chi connectivity index (χ1n) is 16.8. The molecule has 50 heavy (non-hydrogen) atoms. The molecule has 2 heterocycles. The van der Waals surface area contributed by atoms with Gasteiger partial charge in [-0.15, -0.1) is 0 Å². The van der Waals surface area contributed by atoms with E-state index < -0.39 is 100 Å². The van der Waals surface area contributed by atoms with E-state index in [4.69, 9.17) is 23.7 Å². The maximum absolute atomic E-state index is 13.8. The van der Waals surface area contributed by atoms with Crippen molar-refractivity contribution in [2.24, 2.45) is 23.7 Å². The monoisotopic (exact) mass is 692 g/mol. The van der Waals surface area contributed by atoms with Crippen molar-refractivity contribution in [3.63, 3.8) is 0 Å². The second kappa shape index (κ2) is 12.3. The number of esters is 4. The molecule has 4 fully saturated rings. The van der Waals surface area contributed by atoms with Gasteiger partial charge in [0, 0.05) is 25.7 Å². The van der Waals surface area contributed by atoms with Gasteiger partial charge in [-0.05, 0) is 56.0 Å². The molecule has 13 unspecified atom stereocenters. The molecule has 13 atom stereocenters. The molecule has 2 aromatic carbocycles. The van der Waals surface area contributed by atoms with E-state index >= 15 is 0 Å². The van der Waals surface area contributed by atoms with Crippen molar-refractivity contribution in [3.8, 4) is 0 Å². The zero-order valence-electron chi connectivity index (χ0n) is 28.9. The number of carbonyl (C=O) groups is 4. The summed E-state index contributed by atoms with van der Waals surface area (Å²) in [6.45, 7) is 12.6. The summed E-state index contributed by atoms with van der Waals surface area (Å²) >= 11 is 0. The molecule has 2 saturated carbocycles. The predicted molar refractivity (Wildman–Crippen MR) is 175 cm³/mol. The van der Waals surface area contributed by atoms with E-state index in [0.29, 0.717) is 0 Å². The third kappa shape index (κ3) is 4.94. The van der Waals surface area contributed by atoms with Crippen molar-refractivity contribution >= 4 is 23.9 Å². The average molecular weight is 693 g/mol. The van der Waals surface area contributed by atoms with Crippen molar-refractivity contribution in [2.45, 2.75) is 101 Å². The van der Waals surface area contributed by atoms with E-state index in [2.05, 4.69) is 6.58 Å². The molecule has 2 bridgehead atoms. The molecule has 268 valence electrons. The highest BCUT2D eigenvalue weighted by Gasteiger charge is 2.88. The number of carbonyl (C=O) groups excluding carboxylic acids is 4. The van der Waals surface area contributed by atoms with Gasteiger partial charge in [0.05, 0.1) is 28.7 Å². The molecular formula is C38H44O12. The number of aliphatic hydroxyl groups is 3. The van der Waals surface area contributed by atoms with Crippen LogP contribution in [0, 0.1) is 23.7 Å². The molecule has 2 aromatic rings. The normalized spacial score (nSPS) is 41.3. The van der Waals surface area contributed by atoms with Crippen molar-refractivity contribution in [3.05, 3.63) is 83.9 Å². The third-order valence-corrected chi connectivity index (χ3v) is 11.6. The van der Waals surface area contributed by atoms with E-state index in [1.807, 2.05) is 0 Å². The largest absolute Gasteiger partial charge is 0.459 e. The first kappa shape index (κ1) is 35.7. The summed E-state index contributed by atoms with van der Waals surface area (Å²) in [6.07, 6.45) is -7.37. The van der Waals surface area contributed by atoms with Crippen molar-refractivity contribution < 1.29 is 58.2 Å². The van der Waals surface area contributed by atoms with Crippen LogP contribution in [0.2, 0.25) is 0 Å². The standard InChI is InChI=1S/C38H44O12/c1-19(2)36(44)28(41)21(4)37(45)26-18-20(3)29(46-22(5)39)38(26)34(49-33(43)25-16-12-9-13-17-25)35(7,50-38)30(47-23(6)40)27(37)31(36)48-32(42)24-14-10-8-11-15-24/h8-17,20-21,26-31,34,41,44-45H,1,18H2,2-7H3. The maximum Gasteiger partial charge on any atom is 0.338 e. The van der Waals surface area contributed by atoms with Crippen LogP contribution in [0.25, 0.3) is 0 Å². The molecule has 0 radical (unpaired) electrons. The summed E-state index contributed by atoms with van der Waals surface area (Å²) in [4.78, 5) is 53.2. The minimum Gasteiger partial charge on any atom is -0.459 e. The fourth-order valence-corrected chi connectivity index (χ4v) is 9.48. The highest BCUT2D eigenvalue weighted by molar-refractivity contribution is 5.90. The first-order valence-corrected chi connectivity index (χ1v) is 16.8. The van der Waals surface area contributed by atoms with E-state index in [9.17, 15) is 34.5 Å². The molecule has 3 N–H and O–H groups in total. The van der Waals surface area contributed by atoms with E-state index in [1.54, 1.807) is 55.5 Å². The van der Waals surface area contributed by atoms with Gasteiger partial charge < -0.3 is 39.0 Å². The average Bonchev–Trinajstić information content (AvgIpc) is 3.31. The SMILES string of the molecule is C=C(C)C1(O)C(O)C(C)C2(O)C(C(OC(C)=O)C3(C)OC4(C(OC(C)=O)C(C)CC24)C3OC(=O)c2ccccc2)C1OC(=O)c1ccccc1. The Labute approximate surface area is 290 Å². The minimum atomic E-state index is -2.37. The van der Waals surface area contributed by atoms with Gasteiger partial charge in [0.2, 0.25) is 0 Å². The van der Waals surface area contributed by atoms with Gasteiger partial charge in [-0.1, -0.05) is 56.8 Å². The molecule has 2 saturated heterocycles. The van der Waals surface area contributed by atoms with Crippen molar-refractivity contribution in [1.82, 2.24) is 0 Å². The molecule has 4 aliphatic rings. The summed E-state index contributed by atoms with van der Waals surface area (Å²) in [7, 11) is 0. The smallest absolute Gasteiger partial charge is 0.338 e. The Balaban J connectivity index is 1.61. The van der Waals surface area contributed by atoms with E-state index in [1.165, 1.54) is 39.8 Å². The van der Waals surface area contributed by atoms with Crippen molar-refractivity contribution in [2.75, 3.05) is 0 Å². The van der Waals surface area contributed by atoms with Gasteiger partial charge >= 0.3 is 23.9 Å². The second-order valence-corrected chi connectivity index (χ2v) is 14.6. The molecule has 2 aliphatic carbocycles. The molecule has 12 nitrogen and oxygen atoms in total. The lowest BCUT2D eigenvalue weighted by atomic mass is 9.53. The Hall–Kier alpha value is -4.10. The number of benzene rings is 2. The van der Waals surface area contributed by atoms with Gasteiger partial charge in [0.25, 0.3) is 0 Å². The lowest BCUT2D eigenvalue weighted by Gasteiger charge is -2.62. The van der Waals surface area contributed by atoms with Crippen LogP contribution in [0.3, 0.4) is 0 Å². The number of rotatable bonds is 7. The van der Waals surface area contributed by atoms with Crippen LogP contribution in [-0.2, 0) is 33.3 Å². The van der Waals surface area contributed by atoms with Gasteiger partial charge in [0.15, 0.2) is 11.7 Å². The van der Waals surface area contributed by atoms with Crippen molar-refractivity contribution in [1.29, 1.82) is 0 Å². The lowest BCUT2D eigenvalue weighted by Crippen LogP contribution is -2.80. The quantitative estimate of drug-likeness (QED) is 0.220. The lowest BCUT2D eigenvalue weighted by molar-refractivity contribution is -0.389. The Morgan fingerprint density at radius 3 is 1.78 bits per heavy atom. The van der Waals surface area contributed by atoms with Gasteiger partial charge in [-0.3, -0.25) is 9.59 Å². The minimum absolute atomic E-state index is 0.0216. The summed E-state index contributed by atoms with van der Waals surface area (Å²) in [5.41, 5.74) is -7.67. The van der Waals surface area contributed by atoms with Crippen LogP contribution in [-0.4, -0.2) is 92.1 Å². The number of fused-ring (bicyclic) bond motifs is 3. The van der Waals surface area contributed by atoms with Crippen LogP contribution in [0.4, 0.5) is 0 Å². The van der Waals surface area contributed by atoms with Gasteiger partial charge in [0.1, 0.15) is 29.5 Å². The molecule has 1 spiro atoms. The van der Waals surface area contributed by atoms with Crippen LogP contribution in [0.5, 0.6) is 0 Å². The molecule has 0 amide bonds. The topological polar surface area (TPSA) is 175 Å². The maximum atomic E-state index is 13.8. The molecule has 12 heteroatoms. The first-order chi connectivity index (χ1) is 23.4. The van der Waals surface area contributed by atoms with Crippen LogP contribution in [0.15, 0.2) is 72.8 Å². The van der Waals surface area contributed by atoms with E-state index in [0.717, 1.165) is 6.92 Å². The Kier molecular flexibility index (Phi) is 8.78. The number of hydrogen-bond donors (Lipinski definition) is 3. The number of hydrogen-bond acceptors (Lipinski definition) is 12. The van der Waals surface area contributed by atoms with E-state index in [-0.39, 0.29) is 23.1 Å². The Morgan fingerprint density at radius 1 is 0.780 bits per heavy atom. The molecular weight excluding hydrogens is 648 g/mol. The van der Waals surface area contributed by atoms with Crippen LogP contribution < -0.4 is 0 Å². The fourth-order valence-electron chi connectivity index (χ4n) is 9.48. The van der Waals surface area contributed by atoms with Crippen LogP contribution in [0.1, 0.15) is 68.7 Å². The number of aliphatic hydroxyl groups excluding tert-OH is 1. The fraction of sp³-hybridized carbons (Fsp3) is 0.526. The van der Waals surface area contributed by atoms with Crippen LogP contribution >= 0.6 is 0 Å². The second-order valence-electron chi connectivity index (χ2n) is 14.6. The summed E-state index contributed by atoms with van der Waals surface area (Å²) in [6, 6.07) is 16.1. The summed E-state index contributed by atoms with van der Waals surface area (Å²) < 4.78 is 31.2. The Bertz CT molecular complexity index is 1700. The third-order valence-electron chi connectivity index (χ3n) is 11.6. The summed E-state index contributed by atoms with van der Waals surface area (Å²) in [5.74, 6) is -7.37. The van der Waals surface area contributed by atoms with Gasteiger partial charge in [-0.25, -0.2) is 9.59 Å². The zero-order valence-corrected chi connectivity index (χ0v) is 28.9. The molecule has 2 aliphatic heterocycles. The highest BCUT2D eigenvalue weighted by Crippen LogP contribution is 2.70. The number of ether oxygens (including phenoxy) is 5. The van der Waals surface area contributed by atoms with Gasteiger partial charge in [-0.2, -0.15) is 0 Å². The molecule has 0 aromatic heterocycles. The Morgan fingerprint density at radius 2 is 1.28 bits per heavy atom. The molecule has 6 rings (SSSR count). The predicted octanol–water partition coefficient (Wildman–Crippen LogP) is 3.16. The summed E-state index contributed by atoms with van der Waals surface area (Å²) in [5, 5.41) is 37.9. The zero-order chi connectivity index (χ0) is 36.6. The highest BCUT2D eigenvalue weighted by atomic mass is 16.7.